The molecule has 0 aromatic carbocycles. The third kappa shape index (κ3) is 2.06. The highest BCUT2D eigenvalue weighted by Gasteiger charge is 2.39. The average molecular weight is 226 g/mol. The zero-order valence-corrected chi connectivity index (χ0v) is 10.3. The summed E-state index contributed by atoms with van der Waals surface area (Å²) in [4.78, 5) is 0. The first-order valence-electron chi connectivity index (χ1n) is 5.35. The lowest BCUT2D eigenvalue weighted by atomic mass is 9.91. The standard InChI is InChI=1S/C11H18N2OS/c1-8-6-10(13(3)12-8)7-11(14)4-5-15-9(11)2/h6,9,14H,4-5,7H2,1-3H3. The summed E-state index contributed by atoms with van der Waals surface area (Å²) in [6, 6.07) is 2.06. The van der Waals surface area contributed by atoms with Crippen LogP contribution in [0.3, 0.4) is 0 Å². The van der Waals surface area contributed by atoms with Gasteiger partial charge in [0, 0.05) is 24.4 Å². The van der Waals surface area contributed by atoms with Crippen LogP contribution in [0.4, 0.5) is 0 Å². The van der Waals surface area contributed by atoms with Gasteiger partial charge < -0.3 is 5.11 Å². The molecule has 1 fully saturated rings. The predicted molar refractivity (Wildman–Crippen MR) is 63.1 cm³/mol. The van der Waals surface area contributed by atoms with Gasteiger partial charge in [0.05, 0.1) is 11.3 Å². The summed E-state index contributed by atoms with van der Waals surface area (Å²) in [7, 11) is 1.94. The Hall–Kier alpha value is -0.480. The molecule has 0 aliphatic carbocycles. The Labute approximate surface area is 94.9 Å². The van der Waals surface area contributed by atoms with E-state index in [9.17, 15) is 5.11 Å². The molecule has 0 radical (unpaired) electrons. The van der Waals surface area contributed by atoms with E-state index in [2.05, 4.69) is 18.1 Å². The van der Waals surface area contributed by atoms with Gasteiger partial charge in [-0.15, -0.1) is 0 Å². The molecule has 1 saturated heterocycles. The van der Waals surface area contributed by atoms with E-state index in [-0.39, 0.29) is 0 Å². The summed E-state index contributed by atoms with van der Waals surface area (Å²) in [6.45, 7) is 4.10. The minimum absolute atomic E-state index is 0.327. The largest absolute Gasteiger partial charge is 0.388 e. The van der Waals surface area contributed by atoms with Crippen LogP contribution in [-0.2, 0) is 13.5 Å². The van der Waals surface area contributed by atoms with Crippen molar-refractivity contribution in [1.82, 2.24) is 9.78 Å². The lowest BCUT2D eigenvalue weighted by Crippen LogP contribution is -2.37. The molecule has 0 bridgehead atoms. The molecule has 1 aliphatic heterocycles. The number of thioether (sulfide) groups is 1. The van der Waals surface area contributed by atoms with Crippen LogP contribution in [0.25, 0.3) is 0 Å². The predicted octanol–water partition coefficient (Wildman–Crippen LogP) is 1.53. The molecular weight excluding hydrogens is 208 g/mol. The van der Waals surface area contributed by atoms with Crippen LogP contribution in [0.1, 0.15) is 24.7 Å². The van der Waals surface area contributed by atoms with Gasteiger partial charge in [-0.05, 0) is 25.2 Å². The fourth-order valence-electron chi connectivity index (χ4n) is 2.15. The summed E-state index contributed by atoms with van der Waals surface area (Å²) < 4.78 is 1.88. The molecule has 0 amide bonds. The molecule has 0 saturated carbocycles. The van der Waals surface area contributed by atoms with E-state index in [0.29, 0.717) is 5.25 Å². The highest BCUT2D eigenvalue weighted by atomic mass is 32.2. The van der Waals surface area contributed by atoms with Gasteiger partial charge in [0.15, 0.2) is 0 Å². The van der Waals surface area contributed by atoms with Crippen LogP contribution in [-0.4, -0.2) is 31.5 Å². The number of rotatable bonds is 2. The number of aryl methyl sites for hydroxylation is 2. The first-order chi connectivity index (χ1) is 7.01. The Morgan fingerprint density at radius 1 is 1.73 bits per heavy atom. The minimum Gasteiger partial charge on any atom is -0.388 e. The van der Waals surface area contributed by atoms with Crippen molar-refractivity contribution in [3.8, 4) is 0 Å². The first kappa shape index (κ1) is 11.0. The van der Waals surface area contributed by atoms with Crippen LogP contribution >= 0.6 is 11.8 Å². The Bertz CT molecular complexity index is 363. The third-order valence-corrected chi connectivity index (χ3v) is 4.62. The SMILES string of the molecule is Cc1cc(CC2(O)CCSC2C)n(C)n1. The third-order valence-electron chi connectivity index (χ3n) is 3.25. The molecule has 2 unspecified atom stereocenters. The summed E-state index contributed by atoms with van der Waals surface area (Å²) in [5.41, 5.74) is 1.61. The van der Waals surface area contributed by atoms with Crippen LogP contribution in [0.15, 0.2) is 6.07 Å². The highest BCUT2D eigenvalue weighted by Crippen LogP contribution is 2.37. The van der Waals surface area contributed by atoms with Crippen LogP contribution in [0.5, 0.6) is 0 Å². The highest BCUT2D eigenvalue weighted by molar-refractivity contribution is 8.00. The van der Waals surface area contributed by atoms with Gasteiger partial charge in [-0.2, -0.15) is 16.9 Å². The number of hydrogen-bond donors (Lipinski definition) is 1. The van der Waals surface area contributed by atoms with E-state index in [1.807, 2.05) is 30.4 Å². The maximum absolute atomic E-state index is 10.5. The van der Waals surface area contributed by atoms with E-state index in [1.54, 1.807) is 0 Å². The average Bonchev–Trinajstić information content (AvgIpc) is 2.60. The van der Waals surface area contributed by atoms with Crippen molar-refractivity contribution in [3.05, 3.63) is 17.5 Å². The van der Waals surface area contributed by atoms with Crippen LogP contribution < -0.4 is 0 Å². The smallest absolute Gasteiger partial charge is 0.0826 e. The van der Waals surface area contributed by atoms with Gasteiger partial charge in [0.1, 0.15) is 0 Å². The number of aromatic nitrogens is 2. The summed E-state index contributed by atoms with van der Waals surface area (Å²) in [6.07, 6.45) is 1.61. The molecule has 84 valence electrons. The van der Waals surface area contributed by atoms with Crippen molar-refractivity contribution in [2.45, 2.75) is 37.5 Å². The Kier molecular flexibility index (Phi) is 2.81. The van der Waals surface area contributed by atoms with Crippen molar-refractivity contribution in [2.75, 3.05) is 5.75 Å². The normalized spacial score (nSPS) is 31.1. The van der Waals surface area contributed by atoms with Crippen molar-refractivity contribution in [1.29, 1.82) is 0 Å². The Morgan fingerprint density at radius 2 is 2.47 bits per heavy atom. The van der Waals surface area contributed by atoms with E-state index >= 15 is 0 Å². The molecule has 2 atom stereocenters. The topological polar surface area (TPSA) is 38.0 Å². The summed E-state index contributed by atoms with van der Waals surface area (Å²) in [5, 5.41) is 15.1. The van der Waals surface area contributed by atoms with Crippen molar-refractivity contribution in [3.63, 3.8) is 0 Å². The molecule has 1 aromatic heterocycles. The van der Waals surface area contributed by atoms with E-state index in [1.165, 1.54) is 0 Å². The van der Waals surface area contributed by atoms with Gasteiger partial charge in [0.25, 0.3) is 0 Å². The second-order valence-electron chi connectivity index (χ2n) is 4.44. The quantitative estimate of drug-likeness (QED) is 0.831. The Balaban J connectivity index is 2.17. The van der Waals surface area contributed by atoms with Gasteiger partial charge in [-0.3, -0.25) is 4.68 Å². The molecule has 2 heterocycles. The molecular formula is C11H18N2OS. The lowest BCUT2D eigenvalue weighted by molar-refractivity contribution is 0.0446. The van der Waals surface area contributed by atoms with Crippen LogP contribution in [0.2, 0.25) is 0 Å². The molecule has 2 rings (SSSR count). The lowest BCUT2D eigenvalue weighted by Gasteiger charge is -2.26. The molecule has 1 aliphatic rings. The summed E-state index contributed by atoms with van der Waals surface area (Å²) >= 11 is 1.86. The monoisotopic (exact) mass is 226 g/mol. The van der Waals surface area contributed by atoms with Crippen molar-refractivity contribution >= 4 is 11.8 Å². The van der Waals surface area contributed by atoms with E-state index in [4.69, 9.17) is 0 Å². The van der Waals surface area contributed by atoms with Crippen molar-refractivity contribution in [2.24, 2.45) is 7.05 Å². The number of aliphatic hydroxyl groups is 1. The van der Waals surface area contributed by atoms with Gasteiger partial charge in [-0.1, -0.05) is 6.92 Å². The molecule has 0 spiro atoms. The molecule has 4 heteroatoms. The van der Waals surface area contributed by atoms with Gasteiger partial charge in [-0.25, -0.2) is 0 Å². The molecule has 3 nitrogen and oxygen atoms in total. The van der Waals surface area contributed by atoms with E-state index < -0.39 is 5.60 Å². The second-order valence-corrected chi connectivity index (χ2v) is 5.89. The zero-order chi connectivity index (χ0) is 11.1. The van der Waals surface area contributed by atoms with Gasteiger partial charge >= 0.3 is 0 Å². The zero-order valence-electron chi connectivity index (χ0n) is 9.53. The van der Waals surface area contributed by atoms with Gasteiger partial charge in [0.2, 0.25) is 0 Å². The molecule has 1 N–H and O–H groups in total. The molecule has 15 heavy (non-hydrogen) atoms. The minimum atomic E-state index is -0.537. The fourth-order valence-corrected chi connectivity index (χ4v) is 3.48. The maximum Gasteiger partial charge on any atom is 0.0826 e. The van der Waals surface area contributed by atoms with Crippen LogP contribution in [0, 0.1) is 6.92 Å². The second kappa shape index (κ2) is 3.83. The number of nitrogens with zero attached hydrogens (tertiary/aromatic N) is 2. The fraction of sp³-hybridized carbons (Fsp3) is 0.727. The van der Waals surface area contributed by atoms with E-state index in [0.717, 1.165) is 30.0 Å². The first-order valence-corrected chi connectivity index (χ1v) is 6.40. The number of hydrogen-bond acceptors (Lipinski definition) is 3. The Morgan fingerprint density at radius 3 is 2.93 bits per heavy atom. The maximum atomic E-state index is 10.5. The molecule has 1 aromatic rings. The van der Waals surface area contributed by atoms with Crippen molar-refractivity contribution < 1.29 is 5.11 Å². The summed E-state index contributed by atoms with van der Waals surface area (Å²) in [5.74, 6) is 1.06.